The summed E-state index contributed by atoms with van der Waals surface area (Å²) in [4.78, 5) is 14.3. The lowest BCUT2D eigenvalue weighted by molar-refractivity contribution is 0.139. The van der Waals surface area contributed by atoms with Crippen molar-refractivity contribution in [3.8, 4) is 22.8 Å². The van der Waals surface area contributed by atoms with Crippen molar-refractivity contribution in [2.45, 2.75) is 17.9 Å². The largest absolute Gasteiger partial charge is 0.487 e. The van der Waals surface area contributed by atoms with E-state index in [-0.39, 0.29) is 12.0 Å². The van der Waals surface area contributed by atoms with Crippen LogP contribution in [-0.2, 0) is 11.8 Å². The number of hydrogen-bond acceptors (Lipinski definition) is 9. The highest BCUT2D eigenvalue weighted by Gasteiger charge is 2.28. The number of methoxy groups -OCH3 is 1. The average molecular weight is 505 g/mol. The monoisotopic (exact) mass is 504 g/mol. The first-order chi connectivity index (χ1) is 17.5. The van der Waals surface area contributed by atoms with Gasteiger partial charge in [-0.1, -0.05) is 6.92 Å². The quantitative estimate of drug-likeness (QED) is 0.257. The Morgan fingerprint density at radius 3 is 2.81 bits per heavy atom. The predicted octanol–water partition coefficient (Wildman–Crippen LogP) is 5.25. The Hall–Kier alpha value is -3.63. The van der Waals surface area contributed by atoms with Crippen molar-refractivity contribution < 1.29 is 14.2 Å². The van der Waals surface area contributed by atoms with E-state index in [0.29, 0.717) is 30.7 Å². The maximum absolute atomic E-state index is 6.56. The van der Waals surface area contributed by atoms with Crippen LogP contribution >= 0.6 is 11.8 Å². The average Bonchev–Trinajstić information content (AvgIpc) is 3.48. The second-order valence-electron chi connectivity index (χ2n) is 8.66. The van der Waals surface area contributed by atoms with Gasteiger partial charge in [-0.25, -0.2) is 9.97 Å². The smallest absolute Gasteiger partial charge is 0.240 e. The highest BCUT2D eigenvalue weighted by atomic mass is 32.2. The molecule has 0 bridgehead atoms. The molecule has 1 N–H and O–H groups in total. The van der Waals surface area contributed by atoms with Gasteiger partial charge >= 0.3 is 0 Å². The van der Waals surface area contributed by atoms with Gasteiger partial charge in [0.05, 0.1) is 42.5 Å². The van der Waals surface area contributed by atoms with Crippen molar-refractivity contribution in [2.24, 2.45) is 18.0 Å². The summed E-state index contributed by atoms with van der Waals surface area (Å²) in [7, 11) is 3.48. The minimum Gasteiger partial charge on any atom is -0.487 e. The molecule has 0 radical (unpaired) electrons. The SMILES string of the molecule is C=Nc1ccc(Nc2ncnc3cc(-c4cn(C)nc4OC)cc(OC4COCC4C)c23)cc1SC. The third-order valence-corrected chi connectivity index (χ3v) is 6.96. The summed E-state index contributed by atoms with van der Waals surface area (Å²) in [5.74, 6) is 2.13. The minimum atomic E-state index is -0.0756. The molecule has 3 heterocycles. The number of nitrogens with zero attached hydrogens (tertiary/aromatic N) is 5. The molecule has 0 amide bonds. The van der Waals surface area contributed by atoms with Crippen molar-refractivity contribution in [1.29, 1.82) is 0 Å². The molecular weight excluding hydrogens is 476 g/mol. The first-order valence-corrected chi connectivity index (χ1v) is 12.8. The van der Waals surface area contributed by atoms with Crippen LogP contribution in [0.4, 0.5) is 17.2 Å². The first kappa shape index (κ1) is 24.1. The maximum atomic E-state index is 6.56. The number of aromatic nitrogens is 4. The molecule has 0 aliphatic carbocycles. The lowest BCUT2D eigenvalue weighted by atomic mass is 10.0. The van der Waals surface area contributed by atoms with Gasteiger partial charge in [-0.2, -0.15) is 0 Å². The number of aryl methyl sites for hydroxylation is 1. The molecule has 9 nitrogen and oxygen atoms in total. The molecule has 1 fully saturated rings. The summed E-state index contributed by atoms with van der Waals surface area (Å²) in [6.07, 6.45) is 5.41. The van der Waals surface area contributed by atoms with E-state index in [1.54, 1.807) is 29.9 Å². The van der Waals surface area contributed by atoms with E-state index in [1.165, 1.54) is 0 Å². The highest BCUT2D eigenvalue weighted by molar-refractivity contribution is 7.98. The summed E-state index contributed by atoms with van der Waals surface area (Å²) in [5, 5.41) is 8.66. The Labute approximate surface area is 213 Å². The summed E-state index contributed by atoms with van der Waals surface area (Å²) in [5.41, 5.74) is 4.22. The fourth-order valence-corrected chi connectivity index (χ4v) is 4.88. The highest BCUT2D eigenvalue weighted by Crippen LogP contribution is 2.40. The molecule has 2 aromatic carbocycles. The zero-order valence-corrected chi connectivity index (χ0v) is 21.5. The van der Waals surface area contributed by atoms with Crippen molar-refractivity contribution >= 4 is 46.6 Å². The van der Waals surface area contributed by atoms with Crippen LogP contribution in [0.5, 0.6) is 11.6 Å². The molecule has 0 saturated carbocycles. The zero-order chi connectivity index (χ0) is 25.2. The first-order valence-electron chi connectivity index (χ1n) is 11.5. The van der Waals surface area contributed by atoms with E-state index < -0.39 is 0 Å². The minimum absolute atomic E-state index is 0.0756. The van der Waals surface area contributed by atoms with E-state index in [4.69, 9.17) is 14.2 Å². The topological polar surface area (TPSA) is 95.7 Å². The maximum Gasteiger partial charge on any atom is 0.240 e. The lowest BCUT2D eigenvalue weighted by Gasteiger charge is -2.20. The molecule has 186 valence electrons. The number of rotatable bonds is 8. The molecule has 0 spiro atoms. The second kappa shape index (κ2) is 10.2. The van der Waals surface area contributed by atoms with Gasteiger partial charge in [-0.3, -0.25) is 9.67 Å². The predicted molar refractivity (Wildman–Crippen MR) is 143 cm³/mol. The standard InChI is InChI=1S/C26H28N6O3S/c1-15-12-34-13-22(15)35-21-9-16(18-11-32(3)31-26(18)33-4)8-20-24(21)25(29-14-28-20)30-17-6-7-19(27-2)23(10-17)36-5/h6-11,14-15,22H,2,12-13H2,1,3-5H3,(H,28,29,30). The number of thioether (sulfide) groups is 1. The molecular formula is C26H28N6O3S. The Morgan fingerprint density at radius 2 is 2.08 bits per heavy atom. The molecule has 2 atom stereocenters. The van der Waals surface area contributed by atoms with Crippen LogP contribution in [-0.4, -0.2) is 59.1 Å². The third-order valence-electron chi connectivity index (χ3n) is 6.19. The van der Waals surface area contributed by atoms with Gasteiger partial charge in [0.2, 0.25) is 5.88 Å². The van der Waals surface area contributed by atoms with Crippen LogP contribution in [0.1, 0.15) is 6.92 Å². The van der Waals surface area contributed by atoms with Crippen LogP contribution in [0.2, 0.25) is 0 Å². The van der Waals surface area contributed by atoms with Gasteiger partial charge in [-0.15, -0.1) is 16.9 Å². The van der Waals surface area contributed by atoms with Crippen LogP contribution < -0.4 is 14.8 Å². The Morgan fingerprint density at radius 1 is 1.22 bits per heavy atom. The normalized spacial score (nSPS) is 17.3. The summed E-state index contributed by atoms with van der Waals surface area (Å²) >= 11 is 1.61. The van der Waals surface area contributed by atoms with Gasteiger partial charge in [0.25, 0.3) is 0 Å². The summed E-state index contributed by atoms with van der Waals surface area (Å²) in [6.45, 7) is 6.99. The van der Waals surface area contributed by atoms with E-state index in [0.717, 1.165) is 38.3 Å². The van der Waals surface area contributed by atoms with Gasteiger partial charge in [-0.05, 0) is 48.9 Å². The molecule has 4 aromatic rings. The number of aliphatic imine (C=N–C) groups is 1. The van der Waals surface area contributed by atoms with E-state index in [1.807, 2.05) is 49.8 Å². The Balaban J connectivity index is 1.64. The molecule has 1 aliphatic rings. The number of fused-ring (bicyclic) bond motifs is 1. The number of nitrogens with one attached hydrogen (secondary N) is 1. The summed E-state index contributed by atoms with van der Waals surface area (Å²) in [6, 6.07) is 9.93. The molecule has 1 saturated heterocycles. The fraction of sp³-hybridized carbons (Fsp3) is 0.308. The number of benzene rings is 2. The van der Waals surface area contributed by atoms with Gasteiger partial charge in [0.15, 0.2) is 0 Å². The number of anilines is 2. The number of ether oxygens (including phenoxy) is 3. The van der Waals surface area contributed by atoms with Crippen molar-refractivity contribution in [3.63, 3.8) is 0 Å². The Bertz CT molecular complexity index is 1420. The van der Waals surface area contributed by atoms with Crippen LogP contribution in [0.3, 0.4) is 0 Å². The molecule has 10 heteroatoms. The molecule has 2 unspecified atom stereocenters. The third kappa shape index (κ3) is 4.61. The van der Waals surface area contributed by atoms with E-state index in [9.17, 15) is 0 Å². The van der Waals surface area contributed by atoms with Gasteiger partial charge in [0.1, 0.15) is 24.0 Å². The van der Waals surface area contributed by atoms with E-state index >= 15 is 0 Å². The molecule has 1 aliphatic heterocycles. The van der Waals surface area contributed by atoms with Crippen LogP contribution in [0.25, 0.3) is 22.0 Å². The van der Waals surface area contributed by atoms with Crippen molar-refractivity contribution in [1.82, 2.24) is 19.7 Å². The zero-order valence-electron chi connectivity index (χ0n) is 20.7. The van der Waals surface area contributed by atoms with Crippen molar-refractivity contribution in [3.05, 3.63) is 42.9 Å². The van der Waals surface area contributed by atoms with Gasteiger partial charge in [0, 0.05) is 29.7 Å². The van der Waals surface area contributed by atoms with E-state index in [2.05, 4.69) is 39.0 Å². The number of hydrogen-bond donors (Lipinski definition) is 1. The van der Waals surface area contributed by atoms with Crippen LogP contribution in [0, 0.1) is 5.92 Å². The molecule has 5 rings (SSSR count). The fourth-order valence-electron chi connectivity index (χ4n) is 4.29. The lowest BCUT2D eigenvalue weighted by Crippen LogP contribution is -2.23. The van der Waals surface area contributed by atoms with Gasteiger partial charge < -0.3 is 19.5 Å². The van der Waals surface area contributed by atoms with Crippen LogP contribution in [0.15, 0.2) is 52.7 Å². The van der Waals surface area contributed by atoms with Crippen molar-refractivity contribution in [2.75, 3.05) is 31.9 Å². The summed E-state index contributed by atoms with van der Waals surface area (Å²) < 4.78 is 19.5. The molecule has 2 aromatic heterocycles. The molecule has 36 heavy (non-hydrogen) atoms. The second-order valence-corrected chi connectivity index (χ2v) is 9.51. The Kier molecular flexibility index (Phi) is 6.80.